The van der Waals surface area contributed by atoms with Crippen LogP contribution in [0.1, 0.15) is 24.8 Å². The van der Waals surface area contributed by atoms with Crippen molar-refractivity contribution in [2.75, 3.05) is 7.05 Å². The van der Waals surface area contributed by atoms with Crippen molar-refractivity contribution >= 4 is 5.91 Å². The maximum absolute atomic E-state index is 13.5. The third-order valence-electron chi connectivity index (χ3n) is 3.36. The van der Waals surface area contributed by atoms with E-state index < -0.39 is 0 Å². The van der Waals surface area contributed by atoms with Gasteiger partial charge >= 0.3 is 0 Å². The largest absolute Gasteiger partial charge is 0.341 e. The monoisotopic (exact) mass is 247 g/mol. The van der Waals surface area contributed by atoms with E-state index in [1.54, 1.807) is 30.1 Å². The minimum absolute atomic E-state index is 0.0618. The summed E-state index contributed by atoms with van der Waals surface area (Å²) in [6.45, 7) is 0.339. The number of amides is 1. The fraction of sp³-hybridized carbons (Fsp3) is 0.400. The van der Waals surface area contributed by atoms with Gasteiger partial charge in [-0.25, -0.2) is 4.39 Å². The molecule has 0 saturated carbocycles. The molecule has 0 fully saturated rings. The summed E-state index contributed by atoms with van der Waals surface area (Å²) in [5.41, 5.74) is 0.569. The summed E-state index contributed by atoms with van der Waals surface area (Å²) in [4.78, 5) is 13.8. The Bertz CT molecular complexity index is 456. The topological polar surface area (TPSA) is 20.3 Å². The standard InChI is InChI=1S/C15H18FNO/c1-17(11-13-9-5-6-10-14(13)16)15(18)12-7-3-2-4-8-12/h2-3,5-6,9-10,12H,4,7-8,11H2,1H3. The fourth-order valence-electron chi connectivity index (χ4n) is 2.29. The predicted molar refractivity (Wildman–Crippen MR) is 69.4 cm³/mol. The first-order valence-corrected chi connectivity index (χ1v) is 6.32. The van der Waals surface area contributed by atoms with E-state index in [9.17, 15) is 9.18 Å². The van der Waals surface area contributed by atoms with E-state index in [2.05, 4.69) is 12.2 Å². The zero-order valence-corrected chi connectivity index (χ0v) is 10.6. The number of carbonyl (C=O) groups excluding carboxylic acids is 1. The molecule has 1 amide bonds. The maximum Gasteiger partial charge on any atom is 0.226 e. The van der Waals surface area contributed by atoms with Crippen molar-refractivity contribution in [2.45, 2.75) is 25.8 Å². The molecule has 1 aromatic rings. The molecule has 0 radical (unpaired) electrons. The van der Waals surface area contributed by atoms with Crippen LogP contribution < -0.4 is 0 Å². The first-order chi connectivity index (χ1) is 8.68. The van der Waals surface area contributed by atoms with Gasteiger partial charge in [-0.15, -0.1) is 0 Å². The van der Waals surface area contributed by atoms with Gasteiger partial charge in [0.2, 0.25) is 5.91 Å². The molecule has 0 saturated heterocycles. The molecule has 1 atom stereocenters. The Hall–Kier alpha value is -1.64. The van der Waals surface area contributed by atoms with Gasteiger partial charge in [-0.3, -0.25) is 4.79 Å². The molecule has 2 rings (SSSR count). The van der Waals surface area contributed by atoms with Crippen LogP contribution >= 0.6 is 0 Å². The minimum atomic E-state index is -0.249. The van der Waals surface area contributed by atoms with Crippen LogP contribution in [-0.4, -0.2) is 17.9 Å². The predicted octanol–water partition coefficient (Wildman–Crippen LogP) is 3.14. The molecule has 1 aliphatic rings. The molecule has 1 aliphatic carbocycles. The number of halogens is 1. The lowest BCUT2D eigenvalue weighted by Crippen LogP contribution is -2.33. The van der Waals surface area contributed by atoms with E-state index in [0.29, 0.717) is 12.1 Å². The van der Waals surface area contributed by atoms with E-state index in [-0.39, 0.29) is 17.6 Å². The first kappa shape index (κ1) is 12.8. The van der Waals surface area contributed by atoms with Crippen LogP contribution in [0.15, 0.2) is 36.4 Å². The summed E-state index contributed by atoms with van der Waals surface area (Å²) in [6.07, 6.45) is 6.84. The van der Waals surface area contributed by atoms with Gasteiger partial charge in [-0.1, -0.05) is 30.4 Å². The van der Waals surface area contributed by atoms with Gasteiger partial charge in [0.25, 0.3) is 0 Å². The lowest BCUT2D eigenvalue weighted by Gasteiger charge is -2.24. The molecular formula is C15H18FNO. The molecule has 0 N–H and O–H groups in total. The SMILES string of the molecule is CN(Cc1ccccc1F)C(=O)C1CC=CCC1. The molecule has 0 heterocycles. The highest BCUT2D eigenvalue weighted by molar-refractivity contribution is 5.78. The van der Waals surface area contributed by atoms with Crippen molar-refractivity contribution in [2.24, 2.45) is 5.92 Å². The molecule has 2 nitrogen and oxygen atoms in total. The number of hydrogen-bond acceptors (Lipinski definition) is 1. The molecule has 0 aromatic heterocycles. The summed E-state index contributed by atoms with van der Waals surface area (Å²) >= 11 is 0. The number of benzene rings is 1. The highest BCUT2D eigenvalue weighted by Gasteiger charge is 2.22. The molecule has 18 heavy (non-hydrogen) atoms. The highest BCUT2D eigenvalue weighted by Crippen LogP contribution is 2.21. The normalized spacial score (nSPS) is 18.7. The molecule has 0 bridgehead atoms. The summed E-state index contributed by atoms with van der Waals surface area (Å²) in [7, 11) is 1.74. The number of hydrogen-bond donors (Lipinski definition) is 0. The summed E-state index contributed by atoms with van der Waals surface area (Å²) in [5, 5.41) is 0. The van der Waals surface area contributed by atoms with Crippen molar-refractivity contribution < 1.29 is 9.18 Å². The summed E-state index contributed by atoms with van der Waals surface area (Å²) in [5.74, 6) is -0.0740. The second-order valence-electron chi connectivity index (χ2n) is 4.77. The number of nitrogens with zero attached hydrogens (tertiary/aromatic N) is 1. The second kappa shape index (κ2) is 5.80. The first-order valence-electron chi connectivity index (χ1n) is 6.32. The number of carbonyl (C=O) groups is 1. The van der Waals surface area contributed by atoms with Gasteiger partial charge in [0, 0.05) is 25.1 Å². The molecule has 3 heteroatoms. The van der Waals surface area contributed by atoms with Gasteiger partial charge in [0.15, 0.2) is 0 Å². The fourth-order valence-corrected chi connectivity index (χ4v) is 2.29. The van der Waals surface area contributed by atoms with Crippen molar-refractivity contribution in [1.29, 1.82) is 0 Å². The molecule has 96 valence electrons. The van der Waals surface area contributed by atoms with E-state index in [4.69, 9.17) is 0 Å². The number of rotatable bonds is 3. The van der Waals surface area contributed by atoms with Crippen LogP contribution in [0.3, 0.4) is 0 Å². The quantitative estimate of drug-likeness (QED) is 0.751. The Labute approximate surface area is 107 Å². The Morgan fingerprint density at radius 2 is 2.17 bits per heavy atom. The number of allylic oxidation sites excluding steroid dienone is 2. The highest BCUT2D eigenvalue weighted by atomic mass is 19.1. The van der Waals surface area contributed by atoms with Crippen molar-refractivity contribution in [3.63, 3.8) is 0 Å². The molecular weight excluding hydrogens is 229 g/mol. The van der Waals surface area contributed by atoms with Crippen LogP contribution in [0, 0.1) is 11.7 Å². The Balaban J connectivity index is 1.99. The third-order valence-corrected chi connectivity index (χ3v) is 3.36. The average molecular weight is 247 g/mol. The van der Waals surface area contributed by atoms with Crippen molar-refractivity contribution in [3.8, 4) is 0 Å². The van der Waals surface area contributed by atoms with Crippen LogP contribution in [0.25, 0.3) is 0 Å². The van der Waals surface area contributed by atoms with Gasteiger partial charge < -0.3 is 4.90 Å². The Morgan fingerprint density at radius 1 is 1.39 bits per heavy atom. The lowest BCUT2D eigenvalue weighted by atomic mass is 9.93. The van der Waals surface area contributed by atoms with Crippen LogP contribution in [0.5, 0.6) is 0 Å². The Kier molecular flexibility index (Phi) is 4.13. The van der Waals surface area contributed by atoms with Crippen molar-refractivity contribution in [3.05, 3.63) is 47.8 Å². The average Bonchev–Trinajstić information content (AvgIpc) is 2.41. The molecule has 1 aromatic carbocycles. The molecule has 1 unspecified atom stereocenters. The smallest absolute Gasteiger partial charge is 0.226 e. The zero-order chi connectivity index (χ0) is 13.0. The van der Waals surface area contributed by atoms with Crippen LogP contribution in [-0.2, 0) is 11.3 Å². The third kappa shape index (κ3) is 2.97. The van der Waals surface area contributed by atoms with Crippen molar-refractivity contribution in [1.82, 2.24) is 4.90 Å². The molecule has 0 aliphatic heterocycles. The minimum Gasteiger partial charge on any atom is -0.341 e. The van der Waals surface area contributed by atoms with E-state index in [1.165, 1.54) is 6.07 Å². The van der Waals surface area contributed by atoms with Gasteiger partial charge in [0.1, 0.15) is 5.82 Å². The van der Waals surface area contributed by atoms with E-state index in [0.717, 1.165) is 19.3 Å². The maximum atomic E-state index is 13.5. The molecule has 0 spiro atoms. The van der Waals surface area contributed by atoms with Gasteiger partial charge in [0.05, 0.1) is 0 Å². The van der Waals surface area contributed by atoms with Crippen LogP contribution in [0.4, 0.5) is 4.39 Å². The van der Waals surface area contributed by atoms with E-state index in [1.807, 2.05) is 0 Å². The summed E-state index contributed by atoms with van der Waals surface area (Å²) in [6, 6.07) is 6.60. The second-order valence-corrected chi connectivity index (χ2v) is 4.77. The van der Waals surface area contributed by atoms with Gasteiger partial charge in [-0.2, -0.15) is 0 Å². The lowest BCUT2D eigenvalue weighted by molar-refractivity contribution is -0.135. The Morgan fingerprint density at radius 3 is 2.83 bits per heavy atom. The zero-order valence-electron chi connectivity index (χ0n) is 10.6. The van der Waals surface area contributed by atoms with Crippen LogP contribution in [0.2, 0.25) is 0 Å². The summed E-state index contributed by atoms with van der Waals surface area (Å²) < 4.78 is 13.5. The van der Waals surface area contributed by atoms with E-state index >= 15 is 0 Å². The van der Waals surface area contributed by atoms with Gasteiger partial charge in [-0.05, 0) is 25.3 Å².